The Bertz CT molecular complexity index is 435. The highest BCUT2D eigenvalue weighted by Crippen LogP contribution is 2.13. The number of rotatable bonds is 6. The van der Waals surface area contributed by atoms with E-state index in [2.05, 4.69) is 9.93 Å². The Kier molecular flexibility index (Phi) is 5.41. The number of nitrogens with zero attached hydrogens (tertiary/aromatic N) is 1. The molecule has 0 N–H and O–H groups in total. The lowest BCUT2D eigenvalue weighted by Gasteiger charge is -2.16. The first kappa shape index (κ1) is 16.3. The molecule has 0 saturated heterocycles. The molecule has 1 rings (SSSR count). The Hall–Kier alpha value is -1.73. The number of carbonyl (C=O) groups excluding carboxylic acids is 3. The Labute approximate surface area is 117 Å². The van der Waals surface area contributed by atoms with Crippen LogP contribution in [0.5, 0.6) is 0 Å². The number of hydrogen-bond acceptors (Lipinski definition) is 6. The Balaban J connectivity index is 2.20. The van der Waals surface area contributed by atoms with Crippen LogP contribution in [0.2, 0.25) is 0 Å². The third-order valence-electron chi connectivity index (χ3n) is 2.36. The quantitative estimate of drug-likeness (QED) is 0.415. The minimum absolute atomic E-state index is 0.0175. The van der Waals surface area contributed by atoms with E-state index in [-0.39, 0.29) is 24.8 Å². The summed E-state index contributed by atoms with van der Waals surface area (Å²) in [6.45, 7) is 6.95. The standard InChI is InChI=1S/C13H19NO6/c1-9-8-10(15)14(12(9)17)7-5-6-11(16)18-20-19-13(2,3)4/h8H,5-7H2,1-4H3. The normalized spacial score (nSPS) is 15.6. The van der Waals surface area contributed by atoms with E-state index in [0.717, 1.165) is 4.90 Å². The first-order valence-electron chi connectivity index (χ1n) is 6.30. The molecule has 0 unspecified atom stereocenters. The first-order chi connectivity index (χ1) is 9.20. The fourth-order valence-electron chi connectivity index (χ4n) is 1.43. The summed E-state index contributed by atoms with van der Waals surface area (Å²) in [5.74, 6) is -1.30. The van der Waals surface area contributed by atoms with Crippen LogP contribution in [0.4, 0.5) is 0 Å². The first-order valence-corrected chi connectivity index (χ1v) is 6.30. The van der Waals surface area contributed by atoms with Gasteiger partial charge in [-0.25, -0.2) is 4.79 Å². The predicted octanol–water partition coefficient (Wildman–Crippen LogP) is 1.29. The number of hydrogen-bond donors (Lipinski definition) is 0. The highest BCUT2D eigenvalue weighted by atomic mass is 17.5. The van der Waals surface area contributed by atoms with E-state index >= 15 is 0 Å². The van der Waals surface area contributed by atoms with Gasteiger partial charge in [-0.2, -0.15) is 4.89 Å². The summed E-state index contributed by atoms with van der Waals surface area (Å²) in [4.78, 5) is 44.5. The molecule has 0 aromatic heterocycles. The molecule has 2 amide bonds. The number of amides is 2. The van der Waals surface area contributed by atoms with E-state index in [0.29, 0.717) is 12.0 Å². The third-order valence-corrected chi connectivity index (χ3v) is 2.36. The topological polar surface area (TPSA) is 82.1 Å². The minimum atomic E-state index is -0.627. The van der Waals surface area contributed by atoms with Crippen LogP contribution in [0.25, 0.3) is 0 Å². The molecule has 0 aliphatic carbocycles. The number of imide groups is 1. The Morgan fingerprint density at radius 2 is 1.95 bits per heavy atom. The molecule has 0 fully saturated rings. The molecule has 1 aliphatic heterocycles. The highest BCUT2D eigenvalue weighted by Gasteiger charge is 2.27. The molecule has 20 heavy (non-hydrogen) atoms. The van der Waals surface area contributed by atoms with E-state index in [1.165, 1.54) is 6.08 Å². The molecule has 0 aromatic rings. The maximum absolute atomic E-state index is 11.5. The van der Waals surface area contributed by atoms with Crippen molar-refractivity contribution in [1.82, 2.24) is 4.90 Å². The average Bonchev–Trinajstić information content (AvgIpc) is 2.54. The van der Waals surface area contributed by atoms with Crippen molar-refractivity contribution in [1.29, 1.82) is 0 Å². The van der Waals surface area contributed by atoms with E-state index in [1.807, 2.05) is 0 Å². The van der Waals surface area contributed by atoms with Crippen molar-refractivity contribution in [2.24, 2.45) is 0 Å². The number of carbonyl (C=O) groups is 3. The van der Waals surface area contributed by atoms with E-state index in [4.69, 9.17) is 4.89 Å². The second-order valence-corrected chi connectivity index (χ2v) is 5.45. The van der Waals surface area contributed by atoms with Crippen LogP contribution >= 0.6 is 0 Å². The summed E-state index contributed by atoms with van der Waals surface area (Å²) in [6.07, 6.45) is 1.60. The molecule has 0 atom stereocenters. The van der Waals surface area contributed by atoms with Gasteiger partial charge >= 0.3 is 5.97 Å². The maximum Gasteiger partial charge on any atom is 0.345 e. The summed E-state index contributed by atoms with van der Waals surface area (Å²) < 4.78 is 0. The Morgan fingerprint density at radius 1 is 1.30 bits per heavy atom. The largest absolute Gasteiger partial charge is 0.345 e. The lowest BCUT2D eigenvalue weighted by molar-refractivity contribution is -0.514. The lowest BCUT2D eigenvalue weighted by Crippen LogP contribution is -2.32. The van der Waals surface area contributed by atoms with Gasteiger partial charge in [-0.05, 0) is 39.2 Å². The monoisotopic (exact) mass is 285 g/mol. The van der Waals surface area contributed by atoms with Gasteiger partial charge < -0.3 is 0 Å². The van der Waals surface area contributed by atoms with Gasteiger partial charge in [0.1, 0.15) is 0 Å². The van der Waals surface area contributed by atoms with Crippen molar-refractivity contribution in [3.8, 4) is 0 Å². The van der Waals surface area contributed by atoms with Crippen molar-refractivity contribution in [2.45, 2.75) is 46.1 Å². The molecule has 0 radical (unpaired) electrons. The van der Waals surface area contributed by atoms with E-state index in [9.17, 15) is 14.4 Å². The van der Waals surface area contributed by atoms with Gasteiger partial charge in [0.05, 0.1) is 12.0 Å². The summed E-state index contributed by atoms with van der Waals surface area (Å²) in [5, 5.41) is 4.33. The van der Waals surface area contributed by atoms with Gasteiger partial charge in [0.25, 0.3) is 11.8 Å². The summed E-state index contributed by atoms with van der Waals surface area (Å²) >= 11 is 0. The summed E-state index contributed by atoms with van der Waals surface area (Å²) in [6, 6.07) is 0. The zero-order valence-electron chi connectivity index (χ0n) is 12.1. The zero-order chi connectivity index (χ0) is 15.3. The van der Waals surface area contributed by atoms with Crippen molar-refractivity contribution in [3.05, 3.63) is 11.6 Å². The lowest BCUT2D eigenvalue weighted by atomic mass is 10.2. The van der Waals surface area contributed by atoms with Crippen molar-refractivity contribution in [2.75, 3.05) is 6.54 Å². The van der Waals surface area contributed by atoms with Gasteiger partial charge in [-0.15, -0.1) is 0 Å². The third kappa shape index (κ3) is 5.10. The Morgan fingerprint density at radius 3 is 2.45 bits per heavy atom. The molecular formula is C13H19NO6. The smallest absolute Gasteiger partial charge is 0.275 e. The van der Waals surface area contributed by atoms with E-state index in [1.54, 1.807) is 27.7 Å². The van der Waals surface area contributed by atoms with Crippen LogP contribution in [0.15, 0.2) is 11.6 Å². The minimum Gasteiger partial charge on any atom is -0.275 e. The van der Waals surface area contributed by atoms with Gasteiger partial charge in [0.15, 0.2) is 0 Å². The predicted molar refractivity (Wildman–Crippen MR) is 67.7 cm³/mol. The van der Waals surface area contributed by atoms with Gasteiger partial charge in [-0.1, -0.05) is 0 Å². The van der Waals surface area contributed by atoms with Crippen molar-refractivity contribution < 1.29 is 29.2 Å². The summed E-state index contributed by atoms with van der Waals surface area (Å²) in [7, 11) is 0. The molecule has 0 aromatic carbocycles. The molecule has 1 aliphatic rings. The second-order valence-electron chi connectivity index (χ2n) is 5.45. The maximum atomic E-state index is 11.5. The molecule has 7 nitrogen and oxygen atoms in total. The van der Waals surface area contributed by atoms with Gasteiger partial charge in [0.2, 0.25) is 0 Å². The van der Waals surface area contributed by atoms with Crippen molar-refractivity contribution >= 4 is 17.8 Å². The van der Waals surface area contributed by atoms with Gasteiger partial charge in [-0.3, -0.25) is 19.4 Å². The SMILES string of the molecule is CC1=CC(=O)N(CCCC(=O)OOOC(C)(C)C)C1=O. The van der Waals surface area contributed by atoms with Crippen LogP contribution in [0.3, 0.4) is 0 Å². The van der Waals surface area contributed by atoms with E-state index < -0.39 is 11.6 Å². The molecule has 0 saturated carbocycles. The highest BCUT2D eigenvalue weighted by molar-refractivity contribution is 6.15. The average molecular weight is 285 g/mol. The summed E-state index contributed by atoms with van der Waals surface area (Å²) in [5.41, 5.74) is -0.183. The molecular weight excluding hydrogens is 266 g/mol. The second kappa shape index (κ2) is 6.62. The van der Waals surface area contributed by atoms with Crippen LogP contribution < -0.4 is 0 Å². The fraction of sp³-hybridized carbons (Fsp3) is 0.615. The molecule has 0 spiro atoms. The zero-order valence-corrected chi connectivity index (χ0v) is 12.1. The van der Waals surface area contributed by atoms with Crippen molar-refractivity contribution in [3.63, 3.8) is 0 Å². The van der Waals surface area contributed by atoms with Crippen LogP contribution in [0, 0.1) is 0 Å². The molecule has 7 heteroatoms. The van der Waals surface area contributed by atoms with Gasteiger partial charge in [0, 0.05) is 18.2 Å². The molecule has 0 bridgehead atoms. The molecule has 112 valence electrons. The fourth-order valence-corrected chi connectivity index (χ4v) is 1.43. The van der Waals surface area contributed by atoms with Crippen LogP contribution in [-0.2, 0) is 29.2 Å². The molecule has 1 heterocycles. The van der Waals surface area contributed by atoms with Crippen LogP contribution in [-0.4, -0.2) is 34.8 Å². The van der Waals surface area contributed by atoms with Crippen LogP contribution in [0.1, 0.15) is 40.5 Å².